The Morgan fingerprint density at radius 3 is 2.20 bits per heavy atom. The highest BCUT2D eigenvalue weighted by atomic mass is 16.5. The largest absolute Gasteiger partial charge is 0.494 e. The molecule has 2 unspecified atom stereocenters. The summed E-state index contributed by atoms with van der Waals surface area (Å²) in [6.07, 6.45) is 4.76. The van der Waals surface area contributed by atoms with Gasteiger partial charge < -0.3 is 24.0 Å². The van der Waals surface area contributed by atoms with Crippen LogP contribution in [0.4, 0.5) is 0 Å². The van der Waals surface area contributed by atoms with Crippen molar-refractivity contribution in [2.45, 2.75) is 90.6 Å². The van der Waals surface area contributed by atoms with Gasteiger partial charge in [0.25, 0.3) is 11.8 Å². The molecule has 3 heterocycles. The Balaban J connectivity index is 1.40. The van der Waals surface area contributed by atoms with E-state index >= 15 is 0 Å². The van der Waals surface area contributed by atoms with E-state index in [1.54, 1.807) is 0 Å². The summed E-state index contributed by atoms with van der Waals surface area (Å²) in [4.78, 5) is 30.9. The molecule has 2 bridgehead atoms. The Morgan fingerprint density at radius 2 is 1.56 bits per heavy atom. The van der Waals surface area contributed by atoms with Crippen LogP contribution in [0.2, 0.25) is 0 Å². The predicted octanol–water partition coefficient (Wildman–Crippen LogP) is 6.19. The first-order chi connectivity index (χ1) is 19.8. The second-order valence-corrected chi connectivity index (χ2v) is 12.3. The van der Waals surface area contributed by atoms with Crippen LogP contribution in [-0.4, -0.2) is 73.2 Å². The van der Waals surface area contributed by atoms with Gasteiger partial charge in [0, 0.05) is 36.2 Å². The molecule has 0 saturated carbocycles. The summed E-state index contributed by atoms with van der Waals surface area (Å²) in [5.41, 5.74) is 4.64. The van der Waals surface area contributed by atoms with Crippen molar-refractivity contribution in [3.63, 3.8) is 0 Å². The van der Waals surface area contributed by atoms with E-state index in [9.17, 15) is 9.59 Å². The van der Waals surface area contributed by atoms with Crippen molar-refractivity contribution in [2.75, 3.05) is 39.5 Å². The molecule has 0 N–H and O–H groups in total. The molecule has 3 aliphatic rings. The normalized spacial score (nSPS) is 20.3. The van der Waals surface area contributed by atoms with Crippen molar-refractivity contribution in [3.05, 3.63) is 58.1 Å². The van der Waals surface area contributed by atoms with Crippen LogP contribution in [0.25, 0.3) is 0 Å². The third-order valence-corrected chi connectivity index (χ3v) is 8.73. The van der Waals surface area contributed by atoms with E-state index in [0.717, 1.165) is 67.0 Å². The van der Waals surface area contributed by atoms with E-state index < -0.39 is 0 Å². The van der Waals surface area contributed by atoms with E-state index in [2.05, 4.69) is 33.8 Å². The second-order valence-electron chi connectivity index (χ2n) is 12.3. The maximum atomic E-state index is 13.8. The topological polar surface area (TPSA) is 68.3 Å². The number of hydrogen-bond donors (Lipinski definition) is 0. The molecule has 2 aromatic rings. The SMILES string of the molecule is CCOc1cc(C(=O)N2C3CCC2COC3)cc(CCOc2cc(C(=O)N3CCCC3)ccc2C(C)C)c1C(C)C. The Morgan fingerprint density at radius 1 is 0.878 bits per heavy atom. The van der Waals surface area contributed by atoms with Crippen molar-refractivity contribution < 1.29 is 23.8 Å². The Kier molecular flexibility index (Phi) is 9.22. The maximum absolute atomic E-state index is 13.8. The second kappa shape index (κ2) is 12.8. The third-order valence-electron chi connectivity index (χ3n) is 8.73. The third kappa shape index (κ3) is 6.25. The van der Waals surface area contributed by atoms with E-state index in [-0.39, 0.29) is 35.7 Å². The number of nitrogens with zero attached hydrogens (tertiary/aromatic N) is 2. The predicted molar refractivity (Wildman–Crippen MR) is 160 cm³/mol. The summed E-state index contributed by atoms with van der Waals surface area (Å²) < 4.78 is 18.3. The number of hydrogen-bond acceptors (Lipinski definition) is 5. The van der Waals surface area contributed by atoms with E-state index in [4.69, 9.17) is 14.2 Å². The van der Waals surface area contributed by atoms with Gasteiger partial charge >= 0.3 is 0 Å². The van der Waals surface area contributed by atoms with Crippen LogP contribution in [-0.2, 0) is 11.2 Å². The molecule has 0 radical (unpaired) electrons. The zero-order valence-corrected chi connectivity index (χ0v) is 25.4. The van der Waals surface area contributed by atoms with Crippen molar-refractivity contribution in [3.8, 4) is 11.5 Å². The molecule has 3 saturated heterocycles. The molecule has 2 amide bonds. The summed E-state index contributed by atoms with van der Waals surface area (Å²) in [7, 11) is 0. The van der Waals surface area contributed by atoms with Gasteiger partial charge in [0.2, 0.25) is 0 Å². The average molecular weight is 563 g/mol. The molecule has 41 heavy (non-hydrogen) atoms. The molecule has 2 aromatic carbocycles. The van der Waals surface area contributed by atoms with E-state index in [0.29, 0.717) is 44.0 Å². The number of carbonyl (C=O) groups is 2. The number of amides is 2. The van der Waals surface area contributed by atoms with Crippen LogP contribution in [0.3, 0.4) is 0 Å². The van der Waals surface area contributed by atoms with Gasteiger partial charge in [0.15, 0.2) is 0 Å². The number of rotatable bonds is 10. The molecule has 3 aliphatic heterocycles. The van der Waals surface area contributed by atoms with Crippen molar-refractivity contribution in [2.24, 2.45) is 0 Å². The lowest BCUT2D eigenvalue weighted by molar-refractivity contribution is -0.00718. The van der Waals surface area contributed by atoms with Crippen LogP contribution in [0.5, 0.6) is 11.5 Å². The number of likely N-dealkylation sites (tertiary alicyclic amines) is 1. The number of carbonyl (C=O) groups excluding carboxylic acids is 2. The Labute approximate surface area is 245 Å². The van der Waals surface area contributed by atoms with Gasteiger partial charge in [-0.1, -0.05) is 33.8 Å². The molecule has 0 aliphatic carbocycles. The van der Waals surface area contributed by atoms with Gasteiger partial charge in [0.1, 0.15) is 11.5 Å². The molecule has 5 rings (SSSR count). The number of fused-ring (bicyclic) bond motifs is 2. The molecule has 0 aromatic heterocycles. The minimum atomic E-state index is 0.0643. The molecular weight excluding hydrogens is 516 g/mol. The first-order valence-electron chi connectivity index (χ1n) is 15.5. The van der Waals surface area contributed by atoms with Gasteiger partial charge in [-0.2, -0.15) is 0 Å². The average Bonchev–Trinajstić information content (AvgIpc) is 3.57. The molecule has 7 nitrogen and oxygen atoms in total. The number of benzene rings is 2. The smallest absolute Gasteiger partial charge is 0.254 e. The minimum absolute atomic E-state index is 0.0643. The molecule has 3 fully saturated rings. The first kappa shape index (κ1) is 29.4. The molecule has 7 heteroatoms. The lowest BCUT2D eigenvalue weighted by Gasteiger charge is -2.35. The summed E-state index contributed by atoms with van der Waals surface area (Å²) in [6.45, 7) is 14.4. The Hall–Kier alpha value is -3.06. The quantitative estimate of drug-likeness (QED) is 0.345. The Bertz CT molecular complexity index is 1230. The van der Waals surface area contributed by atoms with Gasteiger partial charge in [-0.05, 0) is 79.8 Å². The highest BCUT2D eigenvalue weighted by Crippen LogP contribution is 2.36. The fraction of sp³-hybridized carbons (Fsp3) is 0.588. The van der Waals surface area contributed by atoms with E-state index in [1.807, 2.05) is 41.0 Å². The molecule has 222 valence electrons. The minimum Gasteiger partial charge on any atom is -0.494 e. The zero-order valence-electron chi connectivity index (χ0n) is 25.4. The lowest BCUT2D eigenvalue weighted by Crippen LogP contribution is -2.49. The summed E-state index contributed by atoms with van der Waals surface area (Å²) >= 11 is 0. The maximum Gasteiger partial charge on any atom is 0.254 e. The lowest BCUT2D eigenvalue weighted by atomic mass is 9.92. The molecule has 0 spiro atoms. The van der Waals surface area contributed by atoms with E-state index in [1.165, 1.54) is 0 Å². The van der Waals surface area contributed by atoms with Crippen LogP contribution in [0.1, 0.15) is 110 Å². The summed E-state index contributed by atoms with van der Waals surface area (Å²) in [6, 6.07) is 10.2. The fourth-order valence-corrected chi connectivity index (χ4v) is 6.70. The highest BCUT2D eigenvalue weighted by molar-refractivity contribution is 5.96. The van der Waals surface area contributed by atoms with Gasteiger partial charge in [-0.3, -0.25) is 9.59 Å². The highest BCUT2D eigenvalue weighted by Gasteiger charge is 2.41. The van der Waals surface area contributed by atoms with Gasteiger partial charge in [0.05, 0.1) is 38.5 Å². The monoisotopic (exact) mass is 562 g/mol. The van der Waals surface area contributed by atoms with Crippen molar-refractivity contribution in [1.29, 1.82) is 0 Å². The number of morpholine rings is 1. The van der Waals surface area contributed by atoms with Gasteiger partial charge in [-0.25, -0.2) is 0 Å². The fourth-order valence-electron chi connectivity index (χ4n) is 6.70. The standard InChI is InChI=1S/C34H46N2O5/c1-6-40-31-19-26(34(38)36-27-10-11-28(36)21-39-20-27)17-24(32(31)23(4)5)13-16-41-30-18-25(9-12-29(30)22(2)3)33(37)35-14-7-8-15-35/h9,12,17-19,22-23,27-28H,6-8,10-11,13-16,20-21H2,1-5H3. The van der Waals surface area contributed by atoms with Crippen LogP contribution in [0, 0.1) is 0 Å². The molecular formula is C34H46N2O5. The van der Waals surface area contributed by atoms with Crippen molar-refractivity contribution >= 4 is 11.8 Å². The summed E-state index contributed by atoms with van der Waals surface area (Å²) in [5.74, 6) is 2.18. The van der Waals surface area contributed by atoms with Crippen LogP contribution in [0.15, 0.2) is 30.3 Å². The van der Waals surface area contributed by atoms with Crippen LogP contribution >= 0.6 is 0 Å². The zero-order chi connectivity index (χ0) is 29.1. The van der Waals surface area contributed by atoms with Crippen molar-refractivity contribution in [1.82, 2.24) is 9.80 Å². The van der Waals surface area contributed by atoms with Crippen LogP contribution < -0.4 is 9.47 Å². The number of ether oxygens (including phenoxy) is 3. The first-order valence-corrected chi connectivity index (χ1v) is 15.5. The molecule has 2 atom stereocenters. The summed E-state index contributed by atoms with van der Waals surface area (Å²) in [5, 5.41) is 0. The van der Waals surface area contributed by atoms with Gasteiger partial charge in [-0.15, -0.1) is 0 Å².